The minimum Gasteiger partial charge on any atom is -0.387 e. The Balaban J connectivity index is 1.71. The lowest BCUT2D eigenvalue weighted by Crippen LogP contribution is -2.01. The van der Waals surface area contributed by atoms with Crippen molar-refractivity contribution in [3.8, 4) is 11.4 Å². The highest BCUT2D eigenvalue weighted by atomic mass is 32.2. The molecule has 1 aromatic carbocycles. The maximum atomic E-state index is 13.9. The van der Waals surface area contributed by atoms with Gasteiger partial charge < -0.3 is 9.67 Å². The molecule has 3 rings (SSSR count). The van der Waals surface area contributed by atoms with Crippen LogP contribution < -0.4 is 0 Å². The summed E-state index contributed by atoms with van der Waals surface area (Å²) in [6.45, 7) is 2.10. The fourth-order valence-electron chi connectivity index (χ4n) is 2.32. The Morgan fingerprint density at radius 3 is 2.75 bits per heavy atom. The molecule has 2 heterocycles. The van der Waals surface area contributed by atoms with Gasteiger partial charge in [-0.2, -0.15) is 0 Å². The largest absolute Gasteiger partial charge is 0.387 e. The van der Waals surface area contributed by atoms with Gasteiger partial charge in [-0.25, -0.2) is 4.39 Å². The van der Waals surface area contributed by atoms with E-state index in [1.807, 2.05) is 12.1 Å². The van der Waals surface area contributed by atoms with E-state index in [9.17, 15) is 9.50 Å². The molecule has 0 saturated heterocycles. The highest BCUT2D eigenvalue weighted by Crippen LogP contribution is 2.30. The van der Waals surface area contributed by atoms with Crippen molar-refractivity contribution in [1.82, 2.24) is 14.8 Å². The van der Waals surface area contributed by atoms with Crippen LogP contribution in [0.1, 0.15) is 22.8 Å². The molecule has 126 valence electrons. The fourth-order valence-corrected chi connectivity index (χ4v) is 4.23. The van der Waals surface area contributed by atoms with E-state index in [2.05, 4.69) is 17.1 Å². The van der Waals surface area contributed by atoms with Gasteiger partial charge in [0.2, 0.25) is 0 Å². The zero-order chi connectivity index (χ0) is 17.1. The molecule has 0 fully saturated rings. The lowest BCUT2D eigenvalue weighted by molar-refractivity contribution is 0.208. The van der Waals surface area contributed by atoms with E-state index in [1.165, 1.54) is 22.7 Å². The Morgan fingerprint density at radius 2 is 2.04 bits per heavy atom. The molecule has 0 amide bonds. The lowest BCUT2D eigenvalue weighted by Gasteiger charge is -2.08. The van der Waals surface area contributed by atoms with Crippen LogP contribution in [0.4, 0.5) is 4.39 Å². The van der Waals surface area contributed by atoms with Gasteiger partial charge in [0.1, 0.15) is 5.82 Å². The van der Waals surface area contributed by atoms with Crippen molar-refractivity contribution in [1.29, 1.82) is 0 Å². The molecule has 0 aliphatic rings. The summed E-state index contributed by atoms with van der Waals surface area (Å²) in [5.74, 6) is 0.636. The number of hydrogen-bond donors (Lipinski definition) is 1. The van der Waals surface area contributed by atoms with Crippen molar-refractivity contribution in [2.45, 2.75) is 24.6 Å². The molecule has 1 N–H and O–H groups in total. The normalized spacial score (nSPS) is 12.5. The molecular formula is C17H18FN3OS2. The van der Waals surface area contributed by atoms with E-state index in [4.69, 9.17) is 0 Å². The van der Waals surface area contributed by atoms with Gasteiger partial charge in [-0.1, -0.05) is 30.8 Å². The van der Waals surface area contributed by atoms with E-state index in [1.54, 1.807) is 41.2 Å². The average molecular weight is 363 g/mol. The second-order valence-electron chi connectivity index (χ2n) is 5.33. The van der Waals surface area contributed by atoms with Gasteiger partial charge in [0, 0.05) is 22.6 Å². The molecule has 0 spiro atoms. The van der Waals surface area contributed by atoms with Crippen LogP contribution in [0.5, 0.6) is 0 Å². The summed E-state index contributed by atoms with van der Waals surface area (Å²) < 4.78 is 15.7. The van der Waals surface area contributed by atoms with E-state index >= 15 is 0 Å². The first-order valence-corrected chi connectivity index (χ1v) is 9.44. The van der Waals surface area contributed by atoms with Crippen LogP contribution in [0.2, 0.25) is 0 Å². The summed E-state index contributed by atoms with van der Waals surface area (Å²) in [6, 6.07) is 10.5. The maximum Gasteiger partial charge on any atom is 0.191 e. The number of aliphatic hydroxyl groups is 1. The summed E-state index contributed by atoms with van der Waals surface area (Å²) in [7, 11) is 1.80. The number of thioether (sulfide) groups is 1. The van der Waals surface area contributed by atoms with E-state index in [0.29, 0.717) is 22.3 Å². The van der Waals surface area contributed by atoms with Crippen molar-refractivity contribution >= 4 is 23.1 Å². The Morgan fingerprint density at radius 1 is 1.25 bits per heavy atom. The number of halogens is 1. The second kappa shape index (κ2) is 7.46. The molecular weight excluding hydrogens is 345 g/mol. The predicted octanol–water partition coefficient (Wildman–Crippen LogP) is 4.07. The zero-order valence-electron chi connectivity index (χ0n) is 13.4. The average Bonchev–Trinajstić information content (AvgIpc) is 3.20. The summed E-state index contributed by atoms with van der Waals surface area (Å²) >= 11 is 3.04. The second-order valence-corrected chi connectivity index (χ2v) is 7.52. The van der Waals surface area contributed by atoms with Crippen LogP contribution in [-0.4, -0.2) is 25.6 Å². The number of rotatable bonds is 6. The quantitative estimate of drug-likeness (QED) is 0.671. The van der Waals surface area contributed by atoms with E-state index < -0.39 is 6.10 Å². The van der Waals surface area contributed by atoms with Crippen molar-refractivity contribution in [3.63, 3.8) is 0 Å². The van der Waals surface area contributed by atoms with Crippen LogP contribution in [0.25, 0.3) is 11.4 Å². The minimum atomic E-state index is -0.547. The number of benzene rings is 1. The number of hydrogen-bond acceptors (Lipinski definition) is 5. The Hall–Kier alpha value is -1.70. The molecule has 0 saturated carbocycles. The first-order valence-electron chi connectivity index (χ1n) is 7.64. The van der Waals surface area contributed by atoms with Crippen LogP contribution in [0.15, 0.2) is 41.6 Å². The minimum absolute atomic E-state index is 0.324. The first kappa shape index (κ1) is 17.1. The molecule has 0 aliphatic carbocycles. The Kier molecular flexibility index (Phi) is 5.33. The lowest BCUT2D eigenvalue weighted by atomic mass is 10.2. The van der Waals surface area contributed by atoms with Crippen LogP contribution in [0, 0.1) is 5.82 Å². The molecule has 0 radical (unpaired) electrons. The summed E-state index contributed by atoms with van der Waals surface area (Å²) in [5, 5.41) is 19.2. The third-order valence-electron chi connectivity index (χ3n) is 3.68. The van der Waals surface area contributed by atoms with Gasteiger partial charge in [0.15, 0.2) is 11.0 Å². The molecule has 4 nitrogen and oxygen atoms in total. The van der Waals surface area contributed by atoms with Crippen molar-refractivity contribution in [3.05, 3.63) is 52.0 Å². The van der Waals surface area contributed by atoms with Crippen LogP contribution >= 0.6 is 23.1 Å². The van der Waals surface area contributed by atoms with Crippen LogP contribution in [0.3, 0.4) is 0 Å². The van der Waals surface area contributed by atoms with Gasteiger partial charge in [-0.15, -0.1) is 21.5 Å². The summed E-state index contributed by atoms with van der Waals surface area (Å²) in [4.78, 5) is 2.21. The summed E-state index contributed by atoms with van der Waals surface area (Å²) in [6.07, 6.45) is 0.425. The van der Waals surface area contributed by atoms with Gasteiger partial charge in [0.05, 0.1) is 11.7 Å². The van der Waals surface area contributed by atoms with E-state index in [-0.39, 0.29) is 5.82 Å². The molecule has 0 aliphatic heterocycles. The zero-order valence-corrected chi connectivity index (χ0v) is 15.1. The summed E-state index contributed by atoms with van der Waals surface area (Å²) in [5.41, 5.74) is 0.422. The van der Waals surface area contributed by atoms with Crippen molar-refractivity contribution in [2.75, 3.05) is 5.75 Å². The van der Waals surface area contributed by atoms with Crippen LogP contribution in [-0.2, 0) is 13.5 Å². The van der Waals surface area contributed by atoms with Crippen molar-refractivity contribution in [2.24, 2.45) is 7.05 Å². The predicted molar refractivity (Wildman–Crippen MR) is 95.8 cm³/mol. The molecule has 0 unspecified atom stereocenters. The SMILES string of the molecule is CCc1ccc([C@@H](O)CSc2nnc(-c3ccccc3F)n2C)s1. The molecule has 3 aromatic rings. The van der Waals surface area contributed by atoms with Crippen molar-refractivity contribution < 1.29 is 9.50 Å². The third-order valence-corrected chi connectivity index (χ3v) is 6.11. The Labute approximate surface area is 148 Å². The van der Waals surface area contributed by atoms with E-state index in [0.717, 1.165) is 11.3 Å². The standard InChI is InChI=1S/C17H18FN3OS2/c1-3-11-8-9-15(24-11)14(22)10-23-17-20-19-16(21(17)2)12-6-4-5-7-13(12)18/h4-9,14,22H,3,10H2,1-2H3/t14-/m0/s1. The number of aryl methyl sites for hydroxylation is 1. The number of aromatic nitrogens is 3. The molecule has 2 aromatic heterocycles. The fraction of sp³-hybridized carbons (Fsp3) is 0.294. The molecule has 0 bridgehead atoms. The highest BCUT2D eigenvalue weighted by Gasteiger charge is 2.17. The molecule has 1 atom stereocenters. The first-order chi connectivity index (χ1) is 11.6. The highest BCUT2D eigenvalue weighted by molar-refractivity contribution is 7.99. The number of thiophene rings is 1. The molecule has 24 heavy (non-hydrogen) atoms. The van der Waals surface area contributed by atoms with Gasteiger partial charge >= 0.3 is 0 Å². The number of nitrogens with zero attached hydrogens (tertiary/aromatic N) is 3. The molecule has 7 heteroatoms. The van der Waals surface area contributed by atoms with Gasteiger partial charge in [-0.3, -0.25) is 0 Å². The van der Waals surface area contributed by atoms with Gasteiger partial charge in [0.25, 0.3) is 0 Å². The topological polar surface area (TPSA) is 50.9 Å². The van der Waals surface area contributed by atoms with Gasteiger partial charge in [-0.05, 0) is 30.7 Å². The Bertz CT molecular complexity index is 831. The third kappa shape index (κ3) is 3.53. The monoisotopic (exact) mass is 363 g/mol. The maximum absolute atomic E-state index is 13.9. The number of aliphatic hydroxyl groups excluding tert-OH is 1. The smallest absolute Gasteiger partial charge is 0.191 e.